The van der Waals surface area contributed by atoms with Crippen LogP contribution in [-0.2, 0) is 24.8 Å². The molecule has 0 radical (unpaired) electrons. The summed E-state index contributed by atoms with van der Waals surface area (Å²) in [6.45, 7) is 6.15. The van der Waals surface area contributed by atoms with E-state index >= 15 is 0 Å². The topological polar surface area (TPSA) is 116 Å². The number of carbonyl (C=O) groups is 3. The van der Waals surface area contributed by atoms with Crippen molar-refractivity contribution in [3.05, 3.63) is 81.5 Å². The van der Waals surface area contributed by atoms with Crippen molar-refractivity contribution < 1.29 is 23.9 Å². The van der Waals surface area contributed by atoms with Crippen molar-refractivity contribution in [1.29, 1.82) is 0 Å². The largest absolute Gasteiger partial charge is 0.496 e. The van der Waals surface area contributed by atoms with Crippen LogP contribution in [0.1, 0.15) is 53.1 Å². The maximum atomic E-state index is 13.4. The van der Waals surface area contributed by atoms with E-state index in [0.717, 1.165) is 5.69 Å². The summed E-state index contributed by atoms with van der Waals surface area (Å²) < 4.78 is 12.6. The minimum absolute atomic E-state index is 0.194. The van der Waals surface area contributed by atoms with Crippen LogP contribution in [0.5, 0.6) is 5.75 Å². The van der Waals surface area contributed by atoms with E-state index in [0.29, 0.717) is 69.4 Å². The van der Waals surface area contributed by atoms with Crippen LogP contribution in [0.15, 0.2) is 48.7 Å². The Hall–Kier alpha value is -4.41. The fraction of sp³-hybridized carbons (Fsp3) is 0.281. The molecule has 12 heteroatoms. The summed E-state index contributed by atoms with van der Waals surface area (Å²) in [6, 6.07) is 12.1. The third-order valence-corrected chi connectivity index (χ3v) is 7.96. The number of pyridine rings is 1. The van der Waals surface area contributed by atoms with Crippen molar-refractivity contribution in [3.63, 3.8) is 0 Å². The second kappa shape index (κ2) is 12.3. The number of halogens is 2. The van der Waals surface area contributed by atoms with E-state index in [1.54, 1.807) is 65.2 Å². The predicted octanol–water partition coefficient (Wildman–Crippen LogP) is 6.82. The average molecular weight is 637 g/mol. The molecule has 3 heterocycles. The van der Waals surface area contributed by atoms with Gasteiger partial charge in [-0.05, 0) is 45.0 Å². The number of methoxy groups -OCH3 is 1. The minimum Gasteiger partial charge on any atom is -0.496 e. The zero-order valence-electron chi connectivity index (χ0n) is 24.9. The third-order valence-electron chi connectivity index (χ3n) is 7.17. The fourth-order valence-corrected chi connectivity index (χ4v) is 5.63. The van der Waals surface area contributed by atoms with Crippen LogP contribution in [0.4, 0.5) is 10.5 Å². The standard InChI is InChI=1S/C32H31Cl2N5O5/c1-32(2,3)44-31(42)39-14-12-24-23(16-39)36-29(38(24)4)30(41)37-22-8-6-7-20(26(22)33)21-11-13-35-28(27(21)34)18-9-10-19(17-40)25(15-18)43-5/h6-11,13,15,17H,12,14,16H2,1-5H3,(H,37,41). The van der Waals surface area contributed by atoms with Crippen molar-refractivity contribution >= 4 is 47.2 Å². The normalized spacial score (nSPS) is 12.8. The predicted molar refractivity (Wildman–Crippen MR) is 169 cm³/mol. The van der Waals surface area contributed by atoms with Gasteiger partial charge in [0.25, 0.3) is 5.91 Å². The summed E-state index contributed by atoms with van der Waals surface area (Å²) in [7, 11) is 3.26. The second-order valence-electron chi connectivity index (χ2n) is 11.3. The maximum Gasteiger partial charge on any atom is 0.410 e. The van der Waals surface area contributed by atoms with Crippen LogP contribution in [0.3, 0.4) is 0 Å². The van der Waals surface area contributed by atoms with Crippen LogP contribution in [-0.4, -0.2) is 57.0 Å². The lowest BCUT2D eigenvalue weighted by molar-refractivity contribution is 0.0220. The number of aromatic nitrogens is 3. The molecule has 2 amide bonds. The van der Waals surface area contributed by atoms with Gasteiger partial charge < -0.3 is 24.3 Å². The zero-order valence-corrected chi connectivity index (χ0v) is 26.4. The number of hydrogen-bond donors (Lipinski definition) is 1. The van der Waals surface area contributed by atoms with Gasteiger partial charge in [0.1, 0.15) is 11.4 Å². The lowest BCUT2D eigenvalue weighted by Gasteiger charge is -2.29. The molecule has 0 spiro atoms. The van der Waals surface area contributed by atoms with E-state index in [-0.39, 0.29) is 17.4 Å². The average Bonchev–Trinajstić information content (AvgIpc) is 3.33. The Balaban J connectivity index is 1.40. The van der Waals surface area contributed by atoms with Gasteiger partial charge in [0.05, 0.1) is 46.3 Å². The molecule has 44 heavy (non-hydrogen) atoms. The highest BCUT2D eigenvalue weighted by molar-refractivity contribution is 6.39. The molecule has 1 N–H and O–H groups in total. The van der Waals surface area contributed by atoms with E-state index in [2.05, 4.69) is 15.3 Å². The molecule has 5 rings (SSSR count). The second-order valence-corrected chi connectivity index (χ2v) is 12.0. The Bertz CT molecular complexity index is 1780. The summed E-state index contributed by atoms with van der Waals surface area (Å²) in [5.74, 6) is 0.144. The van der Waals surface area contributed by atoms with Crippen molar-refractivity contribution in [3.8, 4) is 28.1 Å². The van der Waals surface area contributed by atoms with Crippen molar-refractivity contribution in [2.75, 3.05) is 19.0 Å². The van der Waals surface area contributed by atoms with Crippen LogP contribution in [0, 0.1) is 0 Å². The number of fused-ring (bicyclic) bond motifs is 1. The summed E-state index contributed by atoms with van der Waals surface area (Å²) in [5.41, 5.74) is 4.01. The van der Waals surface area contributed by atoms with Gasteiger partial charge in [-0.3, -0.25) is 14.6 Å². The fourth-order valence-electron chi connectivity index (χ4n) is 5.04. The monoisotopic (exact) mass is 635 g/mol. The first-order chi connectivity index (χ1) is 20.9. The molecular weight excluding hydrogens is 605 g/mol. The van der Waals surface area contributed by atoms with Gasteiger partial charge in [0.2, 0.25) is 0 Å². The summed E-state index contributed by atoms with van der Waals surface area (Å²) in [4.78, 5) is 48.0. The molecule has 0 fully saturated rings. The van der Waals surface area contributed by atoms with E-state index < -0.39 is 17.6 Å². The Morgan fingerprint density at radius 1 is 1.07 bits per heavy atom. The first-order valence-electron chi connectivity index (χ1n) is 13.8. The molecule has 10 nitrogen and oxygen atoms in total. The van der Waals surface area contributed by atoms with Crippen LogP contribution < -0.4 is 10.1 Å². The zero-order chi connectivity index (χ0) is 31.8. The molecule has 4 aromatic rings. The van der Waals surface area contributed by atoms with Crippen LogP contribution in [0.25, 0.3) is 22.4 Å². The Kier molecular flexibility index (Phi) is 8.67. The van der Waals surface area contributed by atoms with Crippen molar-refractivity contribution in [2.24, 2.45) is 7.05 Å². The number of nitrogens with one attached hydrogen (secondary N) is 1. The molecule has 1 aliphatic heterocycles. The Morgan fingerprint density at radius 3 is 2.52 bits per heavy atom. The van der Waals surface area contributed by atoms with Gasteiger partial charge in [-0.2, -0.15) is 0 Å². The molecule has 0 saturated carbocycles. The highest BCUT2D eigenvalue weighted by atomic mass is 35.5. The van der Waals surface area contributed by atoms with Crippen LogP contribution >= 0.6 is 23.2 Å². The minimum atomic E-state index is -0.612. The molecule has 0 bridgehead atoms. The highest BCUT2D eigenvalue weighted by Crippen LogP contribution is 2.41. The van der Waals surface area contributed by atoms with Crippen molar-refractivity contribution in [1.82, 2.24) is 19.4 Å². The SMILES string of the molecule is COc1cc(-c2nccc(-c3cccc(NC(=O)c4nc5c(n4C)CCN(C(=O)OC(C)(C)C)C5)c3Cl)c2Cl)ccc1C=O. The Morgan fingerprint density at radius 2 is 1.82 bits per heavy atom. The molecule has 0 unspecified atom stereocenters. The first-order valence-corrected chi connectivity index (χ1v) is 14.6. The number of aldehydes is 1. The van der Waals surface area contributed by atoms with Gasteiger partial charge in [-0.25, -0.2) is 9.78 Å². The summed E-state index contributed by atoms with van der Waals surface area (Å²) >= 11 is 13.7. The van der Waals surface area contributed by atoms with Gasteiger partial charge in [-0.1, -0.05) is 41.4 Å². The molecule has 0 aliphatic carbocycles. The number of rotatable bonds is 6. The van der Waals surface area contributed by atoms with Gasteiger partial charge >= 0.3 is 6.09 Å². The quantitative estimate of drug-likeness (QED) is 0.231. The van der Waals surface area contributed by atoms with Gasteiger partial charge in [0, 0.05) is 48.6 Å². The van der Waals surface area contributed by atoms with Gasteiger partial charge in [-0.15, -0.1) is 0 Å². The first kappa shape index (κ1) is 31.0. The number of hydrogen-bond acceptors (Lipinski definition) is 7. The number of ether oxygens (including phenoxy) is 2. The lowest BCUT2D eigenvalue weighted by Crippen LogP contribution is -2.40. The number of amides is 2. The number of imidazole rings is 1. The number of nitrogens with zero attached hydrogens (tertiary/aromatic N) is 4. The molecule has 2 aromatic carbocycles. The molecular formula is C32H31Cl2N5O5. The number of benzene rings is 2. The smallest absolute Gasteiger partial charge is 0.410 e. The van der Waals surface area contributed by atoms with Crippen molar-refractivity contribution in [2.45, 2.75) is 39.3 Å². The van der Waals surface area contributed by atoms with E-state index in [9.17, 15) is 14.4 Å². The molecule has 228 valence electrons. The summed E-state index contributed by atoms with van der Waals surface area (Å²) in [5, 5.41) is 3.50. The molecule has 0 atom stereocenters. The van der Waals surface area contributed by atoms with Crippen LogP contribution in [0.2, 0.25) is 10.0 Å². The summed E-state index contributed by atoms with van der Waals surface area (Å²) in [6.07, 6.45) is 2.44. The third kappa shape index (κ3) is 6.13. The molecule has 2 aromatic heterocycles. The van der Waals surface area contributed by atoms with E-state index in [1.807, 2.05) is 20.8 Å². The molecule has 1 aliphatic rings. The van der Waals surface area contributed by atoms with E-state index in [1.165, 1.54) is 7.11 Å². The van der Waals surface area contributed by atoms with Gasteiger partial charge in [0.15, 0.2) is 12.1 Å². The van der Waals surface area contributed by atoms with E-state index in [4.69, 9.17) is 32.7 Å². The maximum absolute atomic E-state index is 13.4. The molecule has 0 saturated heterocycles. The Labute approximate surface area is 264 Å². The highest BCUT2D eigenvalue weighted by Gasteiger charge is 2.30. The number of carbonyl (C=O) groups excluding carboxylic acids is 3. The lowest BCUT2D eigenvalue weighted by atomic mass is 10.0. The number of anilines is 1.